The number of rotatable bonds is 6. The number of ether oxygens (including phenoxy) is 1. The molecular formula is C13H17N5O3. The summed E-state index contributed by atoms with van der Waals surface area (Å²) in [6.07, 6.45) is 1.49. The average molecular weight is 291 g/mol. The van der Waals surface area contributed by atoms with E-state index in [2.05, 4.69) is 27.0 Å². The molecule has 0 aliphatic heterocycles. The third kappa shape index (κ3) is 3.33. The van der Waals surface area contributed by atoms with Crippen LogP contribution in [0.1, 0.15) is 47.7 Å². The molecule has 0 N–H and O–H groups in total. The molecule has 0 saturated carbocycles. The highest BCUT2D eigenvalue weighted by Crippen LogP contribution is 2.12. The maximum Gasteiger partial charge on any atom is 0.361 e. The van der Waals surface area contributed by atoms with E-state index < -0.39 is 5.97 Å². The van der Waals surface area contributed by atoms with Crippen molar-refractivity contribution in [3.05, 3.63) is 35.8 Å². The molecule has 8 nitrogen and oxygen atoms in total. The van der Waals surface area contributed by atoms with E-state index in [1.54, 1.807) is 6.92 Å². The molecule has 0 spiro atoms. The van der Waals surface area contributed by atoms with Crippen LogP contribution in [-0.4, -0.2) is 37.7 Å². The van der Waals surface area contributed by atoms with Gasteiger partial charge in [0.2, 0.25) is 5.89 Å². The fourth-order valence-electron chi connectivity index (χ4n) is 1.60. The first-order valence-electron chi connectivity index (χ1n) is 6.53. The highest BCUT2D eigenvalue weighted by atomic mass is 16.5. The van der Waals surface area contributed by atoms with Crippen molar-refractivity contribution in [2.45, 2.75) is 33.2 Å². The SMILES string of the molecule is C=CCOC(=O)c1nnn(Cc2nc(C(C)C)no2)c1C. The predicted octanol–water partition coefficient (Wildman–Crippen LogP) is 1.48. The van der Waals surface area contributed by atoms with Gasteiger partial charge in [0, 0.05) is 5.92 Å². The van der Waals surface area contributed by atoms with E-state index >= 15 is 0 Å². The largest absolute Gasteiger partial charge is 0.457 e. The summed E-state index contributed by atoms with van der Waals surface area (Å²) < 4.78 is 11.6. The normalized spacial score (nSPS) is 10.9. The highest BCUT2D eigenvalue weighted by Gasteiger charge is 2.19. The standard InChI is InChI=1S/C13H17N5O3/c1-5-6-20-13(19)11-9(4)18(17-15-11)7-10-14-12(8(2)3)16-21-10/h5,8H,1,6-7H2,2-4H3. The van der Waals surface area contributed by atoms with Gasteiger partial charge in [-0.1, -0.05) is 36.9 Å². The molecule has 0 aliphatic carbocycles. The first kappa shape index (κ1) is 14.9. The average Bonchev–Trinajstić information content (AvgIpc) is 3.05. The van der Waals surface area contributed by atoms with E-state index in [4.69, 9.17) is 9.26 Å². The van der Waals surface area contributed by atoms with E-state index in [1.165, 1.54) is 10.8 Å². The molecule has 0 unspecified atom stereocenters. The van der Waals surface area contributed by atoms with Crippen LogP contribution in [0.4, 0.5) is 0 Å². The first-order chi connectivity index (χ1) is 10.0. The molecule has 0 bridgehead atoms. The molecule has 0 fully saturated rings. The van der Waals surface area contributed by atoms with Crippen LogP contribution < -0.4 is 0 Å². The number of carbonyl (C=O) groups is 1. The molecule has 0 radical (unpaired) electrons. The summed E-state index contributed by atoms with van der Waals surface area (Å²) in [6.45, 7) is 9.55. The van der Waals surface area contributed by atoms with E-state index in [0.29, 0.717) is 17.4 Å². The summed E-state index contributed by atoms with van der Waals surface area (Å²) in [6, 6.07) is 0. The predicted molar refractivity (Wildman–Crippen MR) is 72.7 cm³/mol. The van der Waals surface area contributed by atoms with Gasteiger partial charge in [-0.3, -0.25) is 0 Å². The van der Waals surface area contributed by atoms with Crippen molar-refractivity contribution in [3.8, 4) is 0 Å². The van der Waals surface area contributed by atoms with Crippen LogP contribution in [0.5, 0.6) is 0 Å². The van der Waals surface area contributed by atoms with Gasteiger partial charge in [0.15, 0.2) is 11.5 Å². The van der Waals surface area contributed by atoms with Gasteiger partial charge < -0.3 is 9.26 Å². The Morgan fingerprint density at radius 2 is 2.29 bits per heavy atom. The zero-order chi connectivity index (χ0) is 15.4. The van der Waals surface area contributed by atoms with Crippen LogP contribution in [0.2, 0.25) is 0 Å². The van der Waals surface area contributed by atoms with Crippen molar-refractivity contribution >= 4 is 5.97 Å². The minimum atomic E-state index is -0.535. The fraction of sp³-hybridized carbons (Fsp3) is 0.462. The van der Waals surface area contributed by atoms with Crippen molar-refractivity contribution in [2.24, 2.45) is 0 Å². The maximum atomic E-state index is 11.7. The number of nitrogens with zero attached hydrogens (tertiary/aromatic N) is 5. The summed E-state index contributed by atoms with van der Waals surface area (Å²) in [7, 11) is 0. The van der Waals surface area contributed by atoms with E-state index in [9.17, 15) is 4.79 Å². The number of hydrogen-bond acceptors (Lipinski definition) is 7. The molecule has 0 atom stereocenters. The third-order valence-electron chi connectivity index (χ3n) is 2.79. The number of carbonyl (C=O) groups excluding carboxylic acids is 1. The Balaban J connectivity index is 2.12. The number of aromatic nitrogens is 5. The molecule has 112 valence electrons. The maximum absolute atomic E-state index is 11.7. The van der Waals surface area contributed by atoms with Gasteiger partial charge in [0.25, 0.3) is 0 Å². The molecule has 2 heterocycles. The molecule has 2 rings (SSSR count). The Labute approximate surface area is 121 Å². The summed E-state index contributed by atoms with van der Waals surface area (Å²) in [5.41, 5.74) is 0.744. The van der Waals surface area contributed by atoms with Gasteiger partial charge in [0.1, 0.15) is 13.2 Å². The van der Waals surface area contributed by atoms with E-state index in [0.717, 1.165) is 0 Å². The van der Waals surface area contributed by atoms with Crippen molar-refractivity contribution in [3.63, 3.8) is 0 Å². The van der Waals surface area contributed by atoms with Crippen LogP contribution in [0.25, 0.3) is 0 Å². The molecule has 8 heteroatoms. The fourth-order valence-corrected chi connectivity index (χ4v) is 1.60. The third-order valence-corrected chi connectivity index (χ3v) is 2.79. The summed E-state index contributed by atoms with van der Waals surface area (Å²) >= 11 is 0. The van der Waals surface area contributed by atoms with Crippen molar-refractivity contribution < 1.29 is 14.1 Å². The summed E-state index contributed by atoms with van der Waals surface area (Å²) in [5.74, 6) is 0.696. The minimum absolute atomic E-state index is 0.131. The molecule has 0 amide bonds. The lowest BCUT2D eigenvalue weighted by molar-refractivity contribution is 0.0542. The van der Waals surface area contributed by atoms with Crippen LogP contribution in [0.3, 0.4) is 0 Å². The van der Waals surface area contributed by atoms with Gasteiger partial charge in [-0.05, 0) is 6.92 Å². The molecule has 0 aliphatic rings. The summed E-state index contributed by atoms with van der Waals surface area (Å²) in [4.78, 5) is 16.0. The molecule has 2 aromatic heterocycles. The lowest BCUT2D eigenvalue weighted by Gasteiger charge is -2.00. The molecule has 2 aromatic rings. The summed E-state index contributed by atoms with van der Waals surface area (Å²) in [5, 5.41) is 11.6. The van der Waals surface area contributed by atoms with Gasteiger partial charge in [-0.25, -0.2) is 9.48 Å². The lowest BCUT2D eigenvalue weighted by atomic mass is 10.2. The second-order valence-corrected chi connectivity index (χ2v) is 4.77. The molecular weight excluding hydrogens is 274 g/mol. The van der Waals surface area contributed by atoms with Crippen LogP contribution in [-0.2, 0) is 11.3 Å². The Kier molecular flexibility index (Phi) is 4.46. The lowest BCUT2D eigenvalue weighted by Crippen LogP contribution is -2.09. The Morgan fingerprint density at radius 1 is 1.52 bits per heavy atom. The topological polar surface area (TPSA) is 95.9 Å². The zero-order valence-electron chi connectivity index (χ0n) is 12.2. The van der Waals surface area contributed by atoms with Crippen molar-refractivity contribution in [2.75, 3.05) is 6.61 Å². The monoisotopic (exact) mass is 291 g/mol. The minimum Gasteiger partial charge on any atom is -0.457 e. The van der Waals surface area contributed by atoms with Gasteiger partial charge in [-0.15, -0.1) is 5.10 Å². The van der Waals surface area contributed by atoms with Crippen LogP contribution in [0, 0.1) is 6.92 Å². The smallest absolute Gasteiger partial charge is 0.361 e. The highest BCUT2D eigenvalue weighted by molar-refractivity contribution is 5.88. The second kappa shape index (κ2) is 6.29. The van der Waals surface area contributed by atoms with Gasteiger partial charge in [-0.2, -0.15) is 4.98 Å². The Hall–Kier alpha value is -2.51. The Morgan fingerprint density at radius 3 is 2.90 bits per heavy atom. The van der Waals surface area contributed by atoms with Gasteiger partial charge in [0.05, 0.1) is 5.69 Å². The molecule has 0 aromatic carbocycles. The van der Waals surface area contributed by atoms with Crippen molar-refractivity contribution in [1.82, 2.24) is 25.1 Å². The molecule has 21 heavy (non-hydrogen) atoms. The van der Waals surface area contributed by atoms with Gasteiger partial charge >= 0.3 is 5.97 Å². The second-order valence-electron chi connectivity index (χ2n) is 4.77. The first-order valence-corrected chi connectivity index (χ1v) is 6.53. The van der Waals surface area contributed by atoms with Crippen LogP contribution in [0.15, 0.2) is 17.2 Å². The Bertz CT molecular complexity index is 644. The van der Waals surface area contributed by atoms with E-state index in [-0.39, 0.29) is 24.8 Å². The van der Waals surface area contributed by atoms with Crippen LogP contribution >= 0.6 is 0 Å². The molecule has 0 saturated heterocycles. The van der Waals surface area contributed by atoms with Crippen molar-refractivity contribution in [1.29, 1.82) is 0 Å². The van der Waals surface area contributed by atoms with E-state index in [1.807, 2.05) is 13.8 Å². The number of hydrogen-bond donors (Lipinski definition) is 0. The quantitative estimate of drug-likeness (QED) is 0.587. The number of esters is 1. The zero-order valence-corrected chi connectivity index (χ0v) is 12.2.